The first-order valence-electron chi connectivity index (χ1n) is 4.92. The zero-order chi connectivity index (χ0) is 10.3. The third-order valence-corrected chi connectivity index (χ3v) is 2.10. The maximum atomic E-state index is 3.96. The molecule has 1 N–H and O–H groups in total. The van der Waals surface area contributed by atoms with Crippen molar-refractivity contribution in [3.05, 3.63) is 54.5 Å². The summed E-state index contributed by atoms with van der Waals surface area (Å²) in [6.07, 6.45) is 5.22. The molecular formula is C12H12N3. The zero-order valence-corrected chi connectivity index (χ0v) is 8.35. The Morgan fingerprint density at radius 3 is 2.73 bits per heavy atom. The molecule has 0 saturated heterocycles. The number of nitrogens with one attached hydrogen (secondary N) is 1. The molecule has 2 aromatic rings. The van der Waals surface area contributed by atoms with Crippen LogP contribution in [0.5, 0.6) is 0 Å². The van der Waals surface area contributed by atoms with Crippen molar-refractivity contribution in [2.24, 2.45) is 0 Å². The van der Waals surface area contributed by atoms with E-state index in [4.69, 9.17) is 0 Å². The number of aromatic nitrogens is 2. The Morgan fingerprint density at radius 2 is 2.00 bits per heavy atom. The zero-order valence-electron chi connectivity index (χ0n) is 8.35. The van der Waals surface area contributed by atoms with Gasteiger partial charge in [0.2, 0.25) is 0 Å². The molecule has 1 aromatic carbocycles. The third kappa shape index (κ3) is 3.06. The topological polar surface area (TPSA) is 37.8 Å². The predicted octanol–water partition coefficient (Wildman–Crippen LogP) is 1.93. The second-order valence-electron chi connectivity index (χ2n) is 3.20. The summed E-state index contributed by atoms with van der Waals surface area (Å²) >= 11 is 0. The molecule has 0 aliphatic rings. The van der Waals surface area contributed by atoms with Gasteiger partial charge in [0, 0.05) is 12.7 Å². The number of nitrogens with zero attached hydrogens (tertiary/aromatic N) is 2. The van der Waals surface area contributed by atoms with Crippen LogP contribution in [0.2, 0.25) is 0 Å². The van der Waals surface area contributed by atoms with Crippen molar-refractivity contribution in [2.45, 2.75) is 6.42 Å². The van der Waals surface area contributed by atoms with E-state index in [1.54, 1.807) is 6.20 Å². The molecule has 0 atom stereocenters. The minimum absolute atomic E-state index is 0.820. The number of rotatable bonds is 4. The Kier molecular flexibility index (Phi) is 3.28. The molecule has 0 saturated carbocycles. The molecule has 0 spiro atoms. The van der Waals surface area contributed by atoms with Crippen LogP contribution in [-0.4, -0.2) is 16.5 Å². The molecule has 0 fully saturated rings. The normalized spacial score (nSPS) is 9.87. The Labute approximate surface area is 89.2 Å². The average Bonchev–Trinajstić information content (AvgIpc) is 2.32. The van der Waals surface area contributed by atoms with Crippen LogP contribution >= 0.6 is 0 Å². The third-order valence-electron chi connectivity index (χ3n) is 2.10. The van der Waals surface area contributed by atoms with Crippen molar-refractivity contribution in [3.8, 4) is 0 Å². The summed E-state index contributed by atoms with van der Waals surface area (Å²) in [5, 5.41) is 3.21. The predicted molar refractivity (Wildman–Crippen MR) is 59.5 cm³/mol. The van der Waals surface area contributed by atoms with Crippen molar-refractivity contribution in [2.75, 3.05) is 11.9 Å². The summed E-state index contributed by atoms with van der Waals surface area (Å²) in [6, 6.07) is 12.2. The van der Waals surface area contributed by atoms with Crippen LogP contribution in [0.1, 0.15) is 5.56 Å². The lowest BCUT2D eigenvalue weighted by Crippen LogP contribution is -2.06. The fourth-order valence-corrected chi connectivity index (χ4v) is 1.34. The quantitative estimate of drug-likeness (QED) is 0.815. The van der Waals surface area contributed by atoms with E-state index in [1.807, 2.05) is 24.3 Å². The lowest BCUT2D eigenvalue weighted by molar-refractivity contribution is 0.997. The molecule has 2 rings (SSSR count). The minimum Gasteiger partial charge on any atom is -0.370 e. The Balaban J connectivity index is 1.81. The first-order valence-corrected chi connectivity index (χ1v) is 4.92. The number of anilines is 1. The summed E-state index contributed by atoms with van der Waals surface area (Å²) in [7, 11) is 0. The molecule has 0 unspecified atom stereocenters. The Morgan fingerprint density at radius 1 is 1.13 bits per heavy atom. The fourth-order valence-electron chi connectivity index (χ4n) is 1.34. The molecular weight excluding hydrogens is 186 g/mol. The summed E-state index contributed by atoms with van der Waals surface area (Å²) in [4.78, 5) is 7.70. The van der Waals surface area contributed by atoms with Crippen LogP contribution in [0.4, 0.5) is 5.82 Å². The van der Waals surface area contributed by atoms with E-state index in [2.05, 4.69) is 33.7 Å². The maximum Gasteiger partial charge on any atom is 0.199 e. The minimum atomic E-state index is 0.820. The van der Waals surface area contributed by atoms with E-state index in [-0.39, 0.29) is 0 Å². The van der Waals surface area contributed by atoms with Crippen LogP contribution < -0.4 is 5.32 Å². The molecule has 1 aromatic heterocycles. The second kappa shape index (κ2) is 5.10. The van der Waals surface area contributed by atoms with Crippen molar-refractivity contribution >= 4 is 5.82 Å². The molecule has 15 heavy (non-hydrogen) atoms. The van der Waals surface area contributed by atoms with Gasteiger partial charge in [0.1, 0.15) is 5.82 Å². The van der Waals surface area contributed by atoms with Gasteiger partial charge in [0.05, 0.1) is 0 Å². The molecule has 0 aliphatic heterocycles. The number of hydrogen-bond donors (Lipinski definition) is 1. The largest absolute Gasteiger partial charge is 0.370 e. The smallest absolute Gasteiger partial charge is 0.199 e. The van der Waals surface area contributed by atoms with Gasteiger partial charge in [0.15, 0.2) is 6.33 Å². The molecule has 0 bridgehead atoms. The number of benzene rings is 1. The summed E-state index contributed by atoms with van der Waals surface area (Å²) in [5.74, 6) is 0.820. The summed E-state index contributed by atoms with van der Waals surface area (Å²) < 4.78 is 0. The standard InChI is InChI=1S/C12H12N3/c1-2-4-11(5-3-1)6-9-14-12-7-8-13-10-15-12/h1-5,7-8H,6,9H2,(H,13,14,15). The van der Waals surface area contributed by atoms with Gasteiger partial charge in [-0.05, 0) is 18.1 Å². The SMILES string of the molecule is [c]1nccc(NCCc2ccccc2)n1. The maximum absolute atomic E-state index is 3.96. The Hall–Kier alpha value is -1.90. The first kappa shape index (κ1) is 9.65. The highest BCUT2D eigenvalue weighted by atomic mass is 15.0. The highest BCUT2D eigenvalue weighted by Gasteiger charge is 1.93. The first-order chi connectivity index (χ1) is 7.45. The fraction of sp³-hybridized carbons (Fsp3) is 0.167. The molecule has 0 aliphatic carbocycles. The van der Waals surface area contributed by atoms with E-state index in [9.17, 15) is 0 Å². The number of hydrogen-bond acceptors (Lipinski definition) is 3. The van der Waals surface area contributed by atoms with Crippen LogP contribution in [0.25, 0.3) is 0 Å². The molecule has 3 nitrogen and oxygen atoms in total. The van der Waals surface area contributed by atoms with Crippen molar-refractivity contribution in [1.29, 1.82) is 0 Å². The van der Waals surface area contributed by atoms with E-state index in [1.165, 1.54) is 5.56 Å². The van der Waals surface area contributed by atoms with Crippen molar-refractivity contribution in [1.82, 2.24) is 9.97 Å². The highest BCUT2D eigenvalue weighted by Crippen LogP contribution is 2.01. The lowest BCUT2D eigenvalue weighted by Gasteiger charge is -2.04. The van der Waals surface area contributed by atoms with Gasteiger partial charge in [-0.25, -0.2) is 9.97 Å². The van der Waals surface area contributed by atoms with Gasteiger partial charge in [0.25, 0.3) is 0 Å². The van der Waals surface area contributed by atoms with Gasteiger partial charge >= 0.3 is 0 Å². The van der Waals surface area contributed by atoms with Crippen molar-refractivity contribution in [3.63, 3.8) is 0 Å². The summed E-state index contributed by atoms with van der Waals surface area (Å²) in [5.41, 5.74) is 1.32. The van der Waals surface area contributed by atoms with E-state index < -0.39 is 0 Å². The van der Waals surface area contributed by atoms with Crippen LogP contribution in [0.15, 0.2) is 42.6 Å². The van der Waals surface area contributed by atoms with Gasteiger partial charge in [-0.3, -0.25) is 0 Å². The highest BCUT2D eigenvalue weighted by molar-refractivity contribution is 5.31. The van der Waals surface area contributed by atoms with Gasteiger partial charge < -0.3 is 5.32 Å². The average molecular weight is 198 g/mol. The second-order valence-corrected chi connectivity index (χ2v) is 3.20. The van der Waals surface area contributed by atoms with Crippen LogP contribution in [0.3, 0.4) is 0 Å². The molecule has 1 radical (unpaired) electrons. The van der Waals surface area contributed by atoms with E-state index in [0.29, 0.717) is 0 Å². The van der Waals surface area contributed by atoms with Crippen LogP contribution in [0, 0.1) is 6.33 Å². The van der Waals surface area contributed by atoms with E-state index in [0.717, 1.165) is 18.8 Å². The monoisotopic (exact) mass is 198 g/mol. The molecule has 1 heterocycles. The van der Waals surface area contributed by atoms with E-state index >= 15 is 0 Å². The molecule has 0 amide bonds. The van der Waals surface area contributed by atoms with Crippen molar-refractivity contribution < 1.29 is 0 Å². The van der Waals surface area contributed by atoms with Crippen LogP contribution in [-0.2, 0) is 6.42 Å². The summed E-state index contributed by atoms with van der Waals surface area (Å²) in [6.45, 7) is 0.870. The van der Waals surface area contributed by atoms with Gasteiger partial charge in [-0.1, -0.05) is 30.3 Å². The Bertz CT molecular complexity index is 347. The molecule has 3 heteroatoms. The van der Waals surface area contributed by atoms with Gasteiger partial charge in [-0.15, -0.1) is 0 Å². The lowest BCUT2D eigenvalue weighted by atomic mass is 10.1. The molecule has 75 valence electrons. The van der Waals surface area contributed by atoms with Gasteiger partial charge in [-0.2, -0.15) is 0 Å².